The van der Waals surface area contributed by atoms with E-state index in [1.807, 2.05) is 31.2 Å². The Balaban J connectivity index is 1.70. The summed E-state index contributed by atoms with van der Waals surface area (Å²) in [6, 6.07) is 18.0. The van der Waals surface area contributed by atoms with Crippen molar-refractivity contribution in [2.75, 3.05) is 5.32 Å². The number of carbonyl (C=O) groups excluding carboxylic acids is 1. The van der Waals surface area contributed by atoms with Crippen molar-refractivity contribution < 1.29 is 4.79 Å². The molecule has 0 aliphatic carbocycles. The van der Waals surface area contributed by atoms with Crippen LogP contribution in [0.15, 0.2) is 60.8 Å². The largest absolute Gasteiger partial charge is 0.355 e. The van der Waals surface area contributed by atoms with E-state index in [0.29, 0.717) is 12.2 Å². The van der Waals surface area contributed by atoms with E-state index >= 15 is 0 Å². The Morgan fingerprint density at radius 1 is 0.962 bits per heavy atom. The number of benzene rings is 2. The molecule has 0 fully saturated rings. The number of nitrogens with one attached hydrogen (secondary N) is 2. The highest BCUT2D eigenvalue weighted by molar-refractivity contribution is 5.93. The highest BCUT2D eigenvalue weighted by Crippen LogP contribution is 2.22. The number of aromatic nitrogens is 1. The molecule has 4 nitrogen and oxygen atoms in total. The monoisotopic (exact) mass is 345 g/mol. The first-order chi connectivity index (χ1) is 12.5. The lowest BCUT2D eigenvalue weighted by Gasteiger charge is -2.11. The summed E-state index contributed by atoms with van der Waals surface area (Å²) in [6.45, 7) is 6.63. The molecule has 0 aliphatic rings. The SMILES string of the molecule is Cc1cccc(CNC(=O)c2cc(Nc3cc(C)ccc3C)ccn2)c1. The Morgan fingerprint density at radius 2 is 1.77 bits per heavy atom. The zero-order valence-corrected chi connectivity index (χ0v) is 15.3. The van der Waals surface area contributed by atoms with Crippen LogP contribution in [0.4, 0.5) is 11.4 Å². The number of nitrogens with zero attached hydrogens (tertiary/aromatic N) is 1. The van der Waals surface area contributed by atoms with Crippen molar-refractivity contribution in [3.05, 3.63) is 88.7 Å². The Labute approximate surface area is 154 Å². The van der Waals surface area contributed by atoms with E-state index in [-0.39, 0.29) is 5.91 Å². The van der Waals surface area contributed by atoms with Crippen LogP contribution >= 0.6 is 0 Å². The van der Waals surface area contributed by atoms with Gasteiger partial charge in [0.05, 0.1) is 0 Å². The van der Waals surface area contributed by atoms with Crippen LogP contribution in [0.5, 0.6) is 0 Å². The minimum atomic E-state index is -0.184. The Hall–Kier alpha value is -3.14. The summed E-state index contributed by atoms with van der Waals surface area (Å²) < 4.78 is 0. The molecule has 2 N–H and O–H groups in total. The molecule has 3 aromatic rings. The summed E-state index contributed by atoms with van der Waals surface area (Å²) in [5.41, 5.74) is 6.85. The molecule has 3 rings (SSSR count). The molecule has 1 heterocycles. The fraction of sp³-hybridized carbons (Fsp3) is 0.182. The summed E-state index contributed by atoms with van der Waals surface area (Å²) in [5.74, 6) is -0.184. The molecule has 26 heavy (non-hydrogen) atoms. The first-order valence-corrected chi connectivity index (χ1v) is 8.65. The van der Waals surface area contributed by atoms with Crippen LogP contribution in [-0.2, 0) is 6.54 Å². The Morgan fingerprint density at radius 3 is 2.58 bits per heavy atom. The van der Waals surface area contributed by atoms with Gasteiger partial charge in [-0.1, -0.05) is 42.0 Å². The second-order valence-electron chi connectivity index (χ2n) is 6.54. The minimum absolute atomic E-state index is 0.184. The molecular weight excluding hydrogens is 322 g/mol. The van der Waals surface area contributed by atoms with Crippen molar-refractivity contribution in [1.29, 1.82) is 0 Å². The highest BCUT2D eigenvalue weighted by atomic mass is 16.1. The van der Waals surface area contributed by atoms with Gasteiger partial charge in [0.15, 0.2) is 0 Å². The average Bonchev–Trinajstić information content (AvgIpc) is 2.63. The molecule has 1 aromatic heterocycles. The van der Waals surface area contributed by atoms with Crippen molar-refractivity contribution >= 4 is 17.3 Å². The van der Waals surface area contributed by atoms with E-state index in [1.165, 1.54) is 11.1 Å². The average molecular weight is 345 g/mol. The van der Waals surface area contributed by atoms with Gasteiger partial charge in [-0.3, -0.25) is 9.78 Å². The Bertz CT molecular complexity index is 934. The van der Waals surface area contributed by atoms with Crippen molar-refractivity contribution in [2.45, 2.75) is 27.3 Å². The number of aryl methyl sites for hydroxylation is 3. The van der Waals surface area contributed by atoms with Crippen LogP contribution in [0, 0.1) is 20.8 Å². The van der Waals surface area contributed by atoms with Gasteiger partial charge in [0.2, 0.25) is 0 Å². The van der Waals surface area contributed by atoms with Gasteiger partial charge in [-0.25, -0.2) is 0 Å². The first-order valence-electron chi connectivity index (χ1n) is 8.65. The number of hydrogen-bond acceptors (Lipinski definition) is 3. The zero-order valence-electron chi connectivity index (χ0n) is 15.3. The number of anilines is 2. The highest BCUT2D eigenvalue weighted by Gasteiger charge is 2.09. The van der Waals surface area contributed by atoms with E-state index in [1.54, 1.807) is 12.3 Å². The number of pyridine rings is 1. The van der Waals surface area contributed by atoms with Crippen molar-refractivity contribution in [3.63, 3.8) is 0 Å². The van der Waals surface area contributed by atoms with Crippen LogP contribution in [0.3, 0.4) is 0 Å². The molecule has 132 valence electrons. The van der Waals surface area contributed by atoms with Gasteiger partial charge >= 0.3 is 0 Å². The zero-order chi connectivity index (χ0) is 18.5. The molecule has 0 spiro atoms. The minimum Gasteiger partial charge on any atom is -0.355 e. The van der Waals surface area contributed by atoms with Gasteiger partial charge in [-0.15, -0.1) is 0 Å². The van der Waals surface area contributed by atoms with Crippen LogP contribution in [0.1, 0.15) is 32.7 Å². The molecule has 0 aliphatic heterocycles. The second-order valence-corrected chi connectivity index (χ2v) is 6.54. The van der Waals surface area contributed by atoms with E-state index < -0.39 is 0 Å². The summed E-state index contributed by atoms with van der Waals surface area (Å²) in [6.07, 6.45) is 1.65. The van der Waals surface area contributed by atoms with Crippen molar-refractivity contribution in [2.24, 2.45) is 0 Å². The predicted octanol–water partition coefficient (Wildman–Crippen LogP) is 4.68. The number of amides is 1. The van der Waals surface area contributed by atoms with Crippen LogP contribution in [0.2, 0.25) is 0 Å². The van der Waals surface area contributed by atoms with Gasteiger partial charge in [-0.2, -0.15) is 0 Å². The summed E-state index contributed by atoms with van der Waals surface area (Å²) in [7, 11) is 0. The lowest BCUT2D eigenvalue weighted by atomic mass is 10.1. The third kappa shape index (κ3) is 4.48. The standard InChI is InChI=1S/C22H23N3O/c1-15-5-4-6-18(11-15)14-24-22(26)21-13-19(9-10-23-21)25-20-12-16(2)7-8-17(20)3/h4-13H,14H2,1-3H3,(H,23,25)(H,24,26). The van der Waals surface area contributed by atoms with E-state index in [4.69, 9.17) is 0 Å². The quantitative estimate of drug-likeness (QED) is 0.706. The predicted molar refractivity (Wildman–Crippen MR) is 106 cm³/mol. The van der Waals surface area contributed by atoms with Gasteiger partial charge in [0, 0.05) is 24.1 Å². The molecule has 2 aromatic carbocycles. The van der Waals surface area contributed by atoms with E-state index in [9.17, 15) is 4.79 Å². The first kappa shape index (κ1) is 17.7. The van der Waals surface area contributed by atoms with Crippen LogP contribution < -0.4 is 10.6 Å². The molecule has 0 bridgehead atoms. The molecule has 0 saturated carbocycles. The normalized spacial score (nSPS) is 10.4. The molecular formula is C22H23N3O. The fourth-order valence-corrected chi connectivity index (χ4v) is 2.75. The molecule has 0 saturated heterocycles. The smallest absolute Gasteiger partial charge is 0.270 e. The molecule has 0 unspecified atom stereocenters. The number of carbonyl (C=O) groups is 1. The summed E-state index contributed by atoms with van der Waals surface area (Å²) >= 11 is 0. The van der Waals surface area contributed by atoms with Crippen LogP contribution in [-0.4, -0.2) is 10.9 Å². The summed E-state index contributed by atoms with van der Waals surface area (Å²) in [4.78, 5) is 16.6. The van der Waals surface area contributed by atoms with E-state index in [2.05, 4.69) is 53.7 Å². The van der Waals surface area contributed by atoms with Crippen molar-refractivity contribution in [1.82, 2.24) is 10.3 Å². The number of rotatable bonds is 5. The summed E-state index contributed by atoms with van der Waals surface area (Å²) in [5, 5.41) is 6.29. The molecule has 1 amide bonds. The maximum atomic E-state index is 12.4. The van der Waals surface area contributed by atoms with Crippen molar-refractivity contribution in [3.8, 4) is 0 Å². The molecule has 0 radical (unpaired) electrons. The topological polar surface area (TPSA) is 54.0 Å². The van der Waals surface area contributed by atoms with Gasteiger partial charge in [0.1, 0.15) is 5.69 Å². The molecule has 4 heteroatoms. The van der Waals surface area contributed by atoms with Crippen LogP contribution in [0.25, 0.3) is 0 Å². The lowest BCUT2D eigenvalue weighted by Crippen LogP contribution is -2.23. The molecule has 0 atom stereocenters. The van der Waals surface area contributed by atoms with Gasteiger partial charge in [-0.05, 0) is 55.7 Å². The van der Waals surface area contributed by atoms with Gasteiger partial charge in [0.25, 0.3) is 5.91 Å². The maximum Gasteiger partial charge on any atom is 0.270 e. The second kappa shape index (κ2) is 7.83. The lowest BCUT2D eigenvalue weighted by molar-refractivity contribution is 0.0946. The third-order valence-corrected chi connectivity index (χ3v) is 4.20. The fourth-order valence-electron chi connectivity index (χ4n) is 2.75. The van der Waals surface area contributed by atoms with Gasteiger partial charge < -0.3 is 10.6 Å². The Kier molecular flexibility index (Phi) is 5.32. The number of hydrogen-bond donors (Lipinski definition) is 2. The third-order valence-electron chi connectivity index (χ3n) is 4.20. The maximum absolute atomic E-state index is 12.4. The van der Waals surface area contributed by atoms with E-state index in [0.717, 1.165) is 22.5 Å².